The van der Waals surface area contributed by atoms with Crippen molar-refractivity contribution in [1.82, 2.24) is 10.2 Å². The molecule has 0 aromatic carbocycles. The average molecular weight is 198 g/mol. The van der Waals surface area contributed by atoms with Crippen LogP contribution in [0.5, 0.6) is 0 Å². The summed E-state index contributed by atoms with van der Waals surface area (Å²) in [7, 11) is 4.33. The maximum Gasteiger partial charge on any atom is -0.00196 e. The van der Waals surface area contributed by atoms with Gasteiger partial charge in [-0.1, -0.05) is 13.8 Å². The maximum absolute atomic E-state index is 3.44. The van der Waals surface area contributed by atoms with Crippen molar-refractivity contribution in [1.29, 1.82) is 0 Å². The second-order valence-corrected chi connectivity index (χ2v) is 5.57. The summed E-state index contributed by atoms with van der Waals surface area (Å²) < 4.78 is 0. The fourth-order valence-electron chi connectivity index (χ4n) is 2.32. The molecule has 0 aromatic rings. The highest BCUT2D eigenvalue weighted by Crippen LogP contribution is 2.36. The first-order chi connectivity index (χ1) is 6.52. The Labute approximate surface area is 89.1 Å². The van der Waals surface area contributed by atoms with Gasteiger partial charge in [0.15, 0.2) is 0 Å². The van der Waals surface area contributed by atoms with Crippen LogP contribution < -0.4 is 5.32 Å². The van der Waals surface area contributed by atoms with E-state index in [9.17, 15) is 0 Å². The van der Waals surface area contributed by atoms with Crippen molar-refractivity contribution in [2.45, 2.75) is 33.1 Å². The second-order valence-electron chi connectivity index (χ2n) is 5.57. The average Bonchev–Trinajstić information content (AvgIpc) is 2.16. The molecule has 2 heteroatoms. The van der Waals surface area contributed by atoms with E-state index in [0.717, 1.165) is 5.92 Å². The van der Waals surface area contributed by atoms with Crippen LogP contribution in [0.4, 0.5) is 0 Å². The van der Waals surface area contributed by atoms with Crippen LogP contribution in [-0.2, 0) is 0 Å². The lowest BCUT2D eigenvalue weighted by molar-refractivity contribution is 0.140. The summed E-state index contributed by atoms with van der Waals surface area (Å²) >= 11 is 0. The number of nitrogens with one attached hydrogen (secondary N) is 1. The number of hydrogen-bond acceptors (Lipinski definition) is 2. The van der Waals surface area contributed by atoms with E-state index < -0.39 is 0 Å². The summed E-state index contributed by atoms with van der Waals surface area (Å²) in [4.78, 5) is 2.29. The van der Waals surface area contributed by atoms with Gasteiger partial charge in [0.1, 0.15) is 0 Å². The molecule has 1 aliphatic heterocycles. The van der Waals surface area contributed by atoms with Gasteiger partial charge in [0.05, 0.1) is 0 Å². The Hall–Kier alpha value is -0.0800. The van der Waals surface area contributed by atoms with Crippen LogP contribution in [0, 0.1) is 11.3 Å². The molecule has 14 heavy (non-hydrogen) atoms. The SMILES string of the molecule is CN(C)CCC(C)(C)C1CCNCC1. The van der Waals surface area contributed by atoms with Crippen LogP contribution in [0.1, 0.15) is 33.1 Å². The molecular weight excluding hydrogens is 172 g/mol. The first-order valence-electron chi connectivity index (χ1n) is 5.88. The largest absolute Gasteiger partial charge is 0.317 e. The summed E-state index contributed by atoms with van der Waals surface area (Å²) in [5.74, 6) is 0.920. The molecule has 1 rings (SSSR count). The van der Waals surface area contributed by atoms with Crippen LogP contribution in [0.15, 0.2) is 0 Å². The molecule has 1 aliphatic rings. The Morgan fingerprint density at radius 1 is 1.21 bits per heavy atom. The quantitative estimate of drug-likeness (QED) is 0.743. The third kappa shape index (κ3) is 3.58. The van der Waals surface area contributed by atoms with Crippen molar-refractivity contribution in [3.63, 3.8) is 0 Å². The van der Waals surface area contributed by atoms with Gasteiger partial charge in [-0.3, -0.25) is 0 Å². The molecule has 0 aromatic heterocycles. The molecule has 0 radical (unpaired) electrons. The molecule has 2 nitrogen and oxygen atoms in total. The van der Waals surface area contributed by atoms with Crippen molar-refractivity contribution in [2.24, 2.45) is 11.3 Å². The first-order valence-corrected chi connectivity index (χ1v) is 5.88. The minimum atomic E-state index is 0.520. The second kappa shape index (κ2) is 5.13. The van der Waals surface area contributed by atoms with Crippen LogP contribution >= 0.6 is 0 Å². The van der Waals surface area contributed by atoms with Crippen LogP contribution in [-0.4, -0.2) is 38.6 Å². The number of nitrogens with zero attached hydrogens (tertiary/aromatic N) is 1. The van der Waals surface area contributed by atoms with Crippen LogP contribution in [0.3, 0.4) is 0 Å². The Morgan fingerprint density at radius 3 is 2.29 bits per heavy atom. The molecule has 1 N–H and O–H groups in total. The van der Waals surface area contributed by atoms with Crippen molar-refractivity contribution in [2.75, 3.05) is 33.7 Å². The van der Waals surface area contributed by atoms with E-state index in [0.29, 0.717) is 5.41 Å². The fourth-order valence-corrected chi connectivity index (χ4v) is 2.32. The lowest BCUT2D eigenvalue weighted by Crippen LogP contribution is -2.37. The van der Waals surface area contributed by atoms with E-state index >= 15 is 0 Å². The summed E-state index contributed by atoms with van der Waals surface area (Å²) in [5.41, 5.74) is 0.520. The van der Waals surface area contributed by atoms with Crippen LogP contribution in [0.2, 0.25) is 0 Å². The highest BCUT2D eigenvalue weighted by Gasteiger charge is 2.29. The van der Waals surface area contributed by atoms with Crippen molar-refractivity contribution in [3.8, 4) is 0 Å². The summed E-state index contributed by atoms with van der Waals surface area (Å²) in [6, 6.07) is 0. The van der Waals surface area contributed by atoms with Gasteiger partial charge in [0, 0.05) is 0 Å². The third-order valence-electron chi connectivity index (χ3n) is 3.65. The molecule has 0 atom stereocenters. The molecule has 1 saturated heterocycles. The smallest absolute Gasteiger partial charge is 0.00196 e. The van der Waals surface area contributed by atoms with Gasteiger partial charge in [-0.15, -0.1) is 0 Å². The molecule has 0 spiro atoms. The van der Waals surface area contributed by atoms with Crippen molar-refractivity contribution >= 4 is 0 Å². The van der Waals surface area contributed by atoms with E-state index in [-0.39, 0.29) is 0 Å². The first kappa shape index (κ1) is 12.0. The van der Waals surface area contributed by atoms with E-state index in [1.807, 2.05) is 0 Å². The number of hydrogen-bond donors (Lipinski definition) is 1. The van der Waals surface area contributed by atoms with E-state index in [2.05, 4.69) is 38.2 Å². The predicted octanol–water partition coefficient (Wildman–Crippen LogP) is 1.96. The zero-order chi connectivity index (χ0) is 10.6. The minimum Gasteiger partial charge on any atom is -0.317 e. The maximum atomic E-state index is 3.44. The third-order valence-corrected chi connectivity index (χ3v) is 3.65. The highest BCUT2D eigenvalue weighted by molar-refractivity contribution is 4.82. The van der Waals surface area contributed by atoms with E-state index in [1.54, 1.807) is 0 Å². The molecule has 1 fully saturated rings. The van der Waals surface area contributed by atoms with Gasteiger partial charge in [-0.25, -0.2) is 0 Å². The van der Waals surface area contributed by atoms with Gasteiger partial charge in [0.25, 0.3) is 0 Å². The molecule has 0 bridgehead atoms. The van der Waals surface area contributed by atoms with Crippen LogP contribution in [0.25, 0.3) is 0 Å². The molecule has 0 amide bonds. The molecule has 0 unspecified atom stereocenters. The fraction of sp³-hybridized carbons (Fsp3) is 1.00. The molecule has 1 heterocycles. The van der Waals surface area contributed by atoms with E-state index in [1.165, 1.54) is 38.9 Å². The lowest BCUT2D eigenvalue weighted by atomic mass is 9.72. The highest BCUT2D eigenvalue weighted by atomic mass is 15.0. The zero-order valence-corrected chi connectivity index (χ0v) is 10.3. The van der Waals surface area contributed by atoms with Gasteiger partial charge in [-0.2, -0.15) is 0 Å². The molecule has 0 saturated carbocycles. The minimum absolute atomic E-state index is 0.520. The standard InChI is InChI=1S/C12H26N2/c1-12(2,7-10-14(3)4)11-5-8-13-9-6-11/h11,13H,5-10H2,1-4H3. The van der Waals surface area contributed by atoms with Crippen molar-refractivity contribution < 1.29 is 0 Å². The summed E-state index contributed by atoms with van der Waals surface area (Å²) in [5, 5.41) is 3.44. The Kier molecular flexibility index (Phi) is 4.39. The van der Waals surface area contributed by atoms with E-state index in [4.69, 9.17) is 0 Å². The lowest BCUT2D eigenvalue weighted by Gasteiger charge is -2.38. The Bertz CT molecular complexity index is 158. The predicted molar refractivity (Wildman–Crippen MR) is 62.5 cm³/mol. The summed E-state index contributed by atoms with van der Waals surface area (Å²) in [6.07, 6.45) is 4.05. The molecule has 84 valence electrons. The Balaban J connectivity index is 2.37. The summed E-state index contributed by atoms with van der Waals surface area (Å²) in [6.45, 7) is 8.53. The normalized spacial score (nSPS) is 20.4. The van der Waals surface area contributed by atoms with Gasteiger partial charge in [-0.05, 0) is 64.3 Å². The van der Waals surface area contributed by atoms with Gasteiger partial charge < -0.3 is 10.2 Å². The van der Waals surface area contributed by atoms with Gasteiger partial charge in [0.2, 0.25) is 0 Å². The number of rotatable bonds is 4. The molecular formula is C12H26N2. The van der Waals surface area contributed by atoms with Gasteiger partial charge >= 0.3 is 0 Å². The Morgan fingerprint density at radius 2 is 1.79 bits per heavy atom. The topological polar surface area (TPSA) is 15.3 Å². The molecule has 0 aliphatic carbocycles. The van der Waals surface area contributed by atoms with Crippen molar-refractivity contribution in [3.05, 3.63) is 0 Å². The zero-order valence-electron chi connectivity index (χ0n) is 10.3. The number of piperidine rings is 1. The monoisotopic (exact) mass is 198 g/mol.